The third-order valence-corrected chi connectivity index (χ3v) is 6.77. The Kier molecular flexibility index (Phi) is 2.64. The van der Waals surface area contributed by atoms with Crippen molar-refractivity contribution >= 4 is 5.78 Å². The first-order chi connectivity index (χ1) is 9.59. The molecular weight excluding hydrogens is 244 g/mol. The monoisotopic (exact) mass is 268 g/mol. The molecular formula is C19H24O. The Balaban J connectivity index is 1.69. The van der Waals surface area contributed by atoms with E-state index in [0.717, 1.165) is 37.5 Å². The largest absolute Gasteiger partial charge is 0.299 e. The summed E-state index contributed by atoms with van der Waals surface area (Å²) in [4.78, 5) is 12.3. The lowest BCUT2D eigenvalue weighted by Gasteiger charge is -2.50. The van der Waals surface area contributed by atoms with Crippen LogP contribution in [0.15, 0.2) is 36.0 Å². The van der Waals surface area contributed by atoms with Crippen LogP contribution in [0.2, 0.25) is 0 Å². The van der Waals surface area contributed by atoms with Crippen molar-refractivity contribution in [3.8, 4) is 0 Å². The van der Waals surface area contributed by atoms with Gasteiger partial charge in [-0.25, -0.2) is 0 Å². The first-order valence-electron chi connectivity index (χ1n) is 8.19. The molecule has 0 aromatic heterocycles. The summed E-state index contributed by atoms with van der Waals surface area (Å²) in [6, 6.07) is 0. The second-order valence-electron chi connectivity index (χ2n) is 7.59. The number of carbonyl (C=O) groups is 1. The van der Waals surface area contributed by atoms with Crippen LogP contribution in [0.3, 0.4) is 0 Å². The summed E-state index contributed by atoms with van der Waals surface area (Å²) in [5, 5.41) is 0. The van der Waals surface area contributed by atoms with Gasteiger partial charge in [-0.1, -0.05) is 37.3 Å². The van der Waals surface area contributed by atoms with Gasteiger partial charge in [0.05, 0.1) is 0 Å². The van der Waals surface area contributed by atoms with Gasteiger partial charge in [0, 0.05) is 11.8 Å². The average molecular weight is 268 g/mol. The molecule has 5 atom stereocenters. The van der Waals surface area contributed by atoms with E-state index in [1.54, 1.807) is 5.57 Å². The summed E-state index contributed by atoms with van der Waals surface area (Å²) < 4.78 is 0. The minimum absolute atomic E-state index is 0.00796. The lowest BCUT2D eigenvalue weighted by atomic mass is 9.53. The molecule has 4 rings (SSSR count). The molecule has 0 amide bonds. The molecule has 20 heavy (non-hydrogen) atoms. The van der Waals surface area contributed by atoms with E-state index < -0.39 is 0 Å². The van der Waals surface area contributed by atoms with E-state index in [0.29, 0.717) is 17.6 Å². The number of hydrogen-bond donors (Lipinski definition) is 0. The quantitative estimate of drug-likeness (QED) is 0.634. The molecule has 0 spiro atoms. The average Bonchev–Trinajstić information content (AvgIpc) is 2.74. The van der Waals surface area contributed by atoms with Gasteiger partial charge >= 0.3 is 0 Å². The van der Waals surface area contributed by atoms with Crippen LogP contribution in [0.1, 0.15) is 45.4 Å². The molecule has 4 aliphatic carbocycles. The van der Waals surface area contributed by atoms with Gasteiger partial charge in [-0.05, 0) is 61.3 Å². The van der Waals surface area contributed by atoms with Crippen LogP contribution in [0, 0.1) is 29.1 Å². The molecule has 106 valence electrons. The maximum atomic E-state index is 12.3. The summed E-state index contributed by atoms with van der Waals surface area (Å²) in [7, 11) is 0. The fourth-order valence-electron chi connectivity index (χ4n) is 5.62. The zero-order valence-electron chi connectivity index (χ0n) is 12.4. The molecule has 2 saturated carbocycles. The number of allylic oxidation sites excluding steroid dienone is 5. The zero-order valence-corrected chi connectivity index (χ0v) is 12.4. The fraction of sp³-hybridized carbons (Fsp3) is 0.632. The first-order valence-corrected chi connectivity index (χ1v) is 8.19. The normalized spacial score (nSPS) is 46.5. The van der Waals surface area contributed by atoms with Gasteiger partial charge in [0.2, 0.25) is 0 Å². The van der Waals surface area contributed by atoms with E-state index in [9.17, 15) is 4.79 Å². The molecule has 4 aliphatic rings. The van der Waals surface area contributed by atoms with Crippen molar-refractivity contribution in [3.63, 3.8) is 0 Å². The topological polar surface area (TPSA) is 17.1 Å². The second-order valence-corrected chi connectivity index (χ2v) is 7.59. The van der Waals surface area contributed by atoms with Crippen LogP contribution in [0.4, 0.5) is 0 Å². The molecule has 0 aliphatic heterocycles. The van der Waals surface area contributed by atoms with Gasteiger partial charge in [-0.2, -0.15) is 0 Å². The Labute approximate surface area is 121 Å². The molecule has 0 unspecified atom stereocenters. The van der Waals surface area contributed by atoms with Gasteiger partial charge in [-0.3, -0.25) is 4.79 Å². The summed E-state index contributed by atoms with van der Waals surface area (Å²) >= 11 is 0. The van der Waals surface area contributed by atoms with Crippen LogP contribution < -0.4 is 0 Å². The van der Waals surface area contributed by atoms with Gasteiger partial charge in [0.15, 0.2) is 0 Å². The van der Waals surface area contributed by atoms with Crippen molar-refractivity contribution in [2.75, 3.05) is 0 Å². The number of carbonyl (C=O) groups excluding carboxylic acids is 1. The Morgan fingerprint density at radius 1 is 1.25 bits per heavy atom. The van der Waals surface area contributed by atoms with Gasteiger partial charge < -0.3 is 0 Å². The zero-order chi connectivity index (χ0) is 13.9. The van der Waals surface area contributed by atoms with Gasteiger partial charge in [0.1, 0.15) is 5.78 Å². The number of Topliss-reactive ketones (excluding diaryl/α,β-unsaturated/α-hetero) is 1. The first kappa shape index (κ1) is 12.6. The third kappa shape index (κ3) is 1.58. The standard InChI is InChI=1S/C19H24O/c1-12-3-4-13-5-6-15-14(16(13)11-12)9-10-19(2)17(15)7-8-18(19)20/h3-5,14-17H,1,6-11H2,2H3/t14-,15+,16-,17-,19-/m0/s1. The van der Waals surface area contributed by atoms with Crippen molar-refractivity contribution in [2.24, 2.45) is 29.1 Å². The number of hydrogen-bond acceptors (Lipinski definition) is 1. The highest BCUT2D eigenvalue weighted by molar-refractivity contribution is 5.87. The molecule has 0 aromatic rings. The molecule has 0 N–H and O–H groups in total. The van der Waals surface area contributed by atoms with E-state index >= 15 is 0 Å². The Bertz CT molecular complexity index is 538. The SMILES string of the molecule is C=C1C=CC2=CC[C@@H]3[C@H](CC[C@]4(C)C(=O)CC[C@@H]34)[C@H]2C1. The van der Waals surface area contributed by atoms with E-state index in [4.69, 9.17) is 0 Å². The molecule has 0 heterocycles. The highest BCUT2D eigenvalue weighted by atomic mass is 16.1. The summed E-state index contributed by atoms with van der Waals surface area (Å²) in [6.45, 7) is 6.42. The van der Waals surface area contributed by atoms with E-state index in [1.807, 2.05) is 0 Å². The maximum absolute atomic E-state index is 12.3. The lowest BCUT2D eigenvalue weighted by Crippen LogP contribution is -2.45. The van der Waals surface area contributed by atoms with Gasteiger partial charge in [-0.15, -0.1) is 0 Å². The number of rotatable bonds is 0. The van der Waals surface area contributed by atoms with Crippen molar-refractivity contribution in [2.45, 2.75) is 45.4 Å². The molecule has 0 bridgehead atoms. The maximum Gasteiger partial charge on any atom is 0.139 e. The van der Waals surface area contributed by atoms with Crippen molar-refractivity contribution < 1.29 is 4.79 Å². The van der Waals surface area contributed by atoms with Crippen molar-refractivity contribution in [3.05, 3.63) is 36.0 Å². The summed E-state index contributed by atoms with van der Waals surface area (Å²) in [5.41, 5.74) is 2.84. The Morgan fingerprint density at radius 2 is 2.10 bits per heavy atom. The molecule has 0 aromatic carbocycles. The van der Waals surface area contributed by atoms with Gasteiger partial charge in [0.25, 0.3) is 0 Å². The predicted octanol–water partition coefficient (Wildman–Crippen LogP) is 4.46. The highest BCUT2D eigenvalue weighted by Gasteiger charge is 2.55. The molecule has 2 fully saturated rings. The Morgan fingerprint density at radius 3 is 2.95 bits per heavy atom. The lowest BCUT2D eigenvalue weighted by molar-refractivity contribution is -0.130. The van der Waals surface area contributed by atoms with Crippen molar-refractivity contribution in [1.82, 2.24) is 0 Å². The van der Waals surface area contributed by atoms with Crippen molar-refractivity contribution in [1.29, 1.82) is 0 Å². The summed E-state index contributed by atoms with van der Waals surface area (Å²) in [5.74, 6) is 3.41. The third-order valence-electron chi connectivity index (χ3n) is 6.77. The smallest absolute Gasteiger partial charge is 0.139 e. The molecule has 1 heteroatoms. The van der Waals surface area contributed by atoms with Crippen LogP contribution in [-0.2, 0) is 4.79 Å². The second kappa shape index (κ2) is 4.19. The highest BCUT2D eigenvalue weighted by Crippen LogP contribution is 2.59. The van der Waals surface area contributed by atoms with Crippen LogP contribution >= 0.6 is 0 Å². The number of ketones is 1. The molecule has 0 saturated heterocycles. The predicted molar refractivity (Wildman–Crippen MR) is 81.1 cm³/mol. The van der Waals surface area contributed by atoms with Crippen LogP contribution in [0.5, 0.6) is 0 Å². The minimum Gasteiger partial charge on any atom is -0.299 e. The van der Waals surface area contributed by atoms with E-state index in [2.05, 4.69) is 31.7 Å². The molecule has 1 nitrogen and oxygen atoms in total. The van der Waals surface area contributed by atoms with Crippen LogP contribution in [-0.4, -0.2) is 5.78 Å². The fourth-order valence-corrected chi connectivity index (χ4v) is 5.62. The van der Waals surface area contributed by atoms with E-state index in [-0.39, 0.29) is 5.41 Å². The molecule has 0 radical (unpaired) electrons. The Hall–Kier alpha value is -1.11. The van der Waals surface area contributed by atoms with E-state index in [1.165, 1.54) is 18.4 Å². The summed E-state index contributed by atoms with van der Waals surface area (Å²) in [6.07, 6.45) is 13.6. The van der Waals surface area contributed by atoms with Crippen LogP contribution in [0.25, 0.3) is 0 Å². The minimum atomic E-state index is 0.00796. The number of fused-ring (bicyclic) bond motifs is 5.